The molecule has 0 fully saturated rings. The first-order valence-corrected chi connectivity index (χ1v) is 15.3. The summed E-state index contributed by atoms with van der Waals surface area (Å²) in [5.74, 6) is -1.38. The van der Waals surface area contributed by atoms with Crippen molar-refractivity contribution < 1.29 is 39.3 Å². The molecule has 0 aromatic heterocycles. The van der Waals surface area contributed by atoms with Gasteiger partial charge in [-0.2, -0.15) is 0 Å². The average molecular weight is 574 g/mol. The van der Waals surface area contributed by atoms with E-state index in [0.717, 1.165) is 38.5 Å². The number of carbonyl (C=O) groups is 2. The molecule has 0 radical (unpaired) electrons. The smallest absolute Gasteiger partial charge is 0.303 e. The standard InChI is InChI=1S/2C16H30O2.Zn/c2*1-2-3-4-5-6-7-8-9-10-11-12-13-14-15-16(17)18;/h2*11-12H,2-10,13-15H2,1H3,(H,17,18);. The molecule has 214 valence electrons. The number of carboxylic acids is 2. The summed E-state index contributed by atoms with van der Waals surface area (Å²) in [6, 6.07) is 0. The van der Waals surface area contributed by atoms with E-state index in [4.69, 9.17) is 10.2 Å². The summed E-state index contributed by atoms with van der Waals surface area (Å²) >= 11 is 0. The van der Waals surface area contributed by atoms with Crippen LogP contribution in [0.15, 0.2) is 24.3 Å². The number of hydrogen-bond donors (Lipinski definition) is 2. The van der Waals surface area contributed by atoms with Crippen molar-refractivity contribution in [1.29, 1.82) is 0 Å². The number of rotatable bonds is 26. The van der Waals surface area contributed by atoms with Crippen LogP contribution in [-0.2, 0) is 29.1 Å². The molecule has 0 aromatic carbocycles. The first kappa shape index (κ1) is 40.5. The third kappa shape index (κ3) is 45.4. The number of unbranched alkanes of at least 4 members (excludes halogenated alkanes) is 18. The van der Waals surface area contributed by atoms with Crippen LogP contribution in [0, 0.1) is 0 Å². The Morgan fingerprint density at radius 3 is 0.946 bits per heavy atom. The van der Waals surface area contributed by atoms with E-state index in [1.165, 1.54) is 103 Å². The second kappa shape index (κ2) is 37.2. The van der Waals surface area contributed by atoms with E-state index in [1.54, 1.807) is 0 Å². The third-order valence-corrected chi connectivity index (χ3v) is 6.30. The second-order valence-electron chi connectivity index (χ2n) is 10.0. The molecule has 0 aliphatic heterocycles. The van der Waals surface area contributed by atoms with Crippen LogP contribution in [0.2, 0.25) is 0 Å². The molecule has 5 heteroatoms. The summed E-state index contributed by atoms with van der Waals surface area (Å²) in [6.07, 6.45) is 36.7. The largest absolute Gasteiger partial charge is 0.481 e. The van der Waals surface area contributed by atoms with Crippen LogP contribution in [-0.4, -0.2) is 22.2 Å². The van der Waals surface area contributed by atoms with Crippen molar-refractivity contribution >= 4 is 11.9 Å². The van der Waals surface area contributed by atoms with E-state index in [1.807, 2.05) is 0 Å². The predicted molar refractivity (Wildman–Crippen MR) is 156 cm³/mol. The molecule has 0 atom stereocenters. The van der Waals surface area contributed by atoms with Crippen molar-refractivity contribution in [3.8, 4) is 0 Å². The van der Waals surface area contributed by atoms with Crippen LogP contribution in [0.3, 0.4) is 0 Å². The fraction of sp³-hybridized carbons (Fsp3) is 0.812. The van der Waals surface area contributed by atoms with Crippen molar-refractivity contribution in [1.82, 2.24) is 0 Å². The summed E-state index contributed by atoms with van der Waals surface area (Å²) < 4.78 is 0. The quantitative estimate of drug-likeness (QED) is 0.0613. The van der Waals surface area contributed by atoms with Crippen molar-refractivity contribution in [3.63, 3.8) is 0 Å². The van der Waals surface area contributed by atoms with Crippen molar-refractivity contribution in [3.05, 3.63) is 24.3 Å². The van der Waals surface area contributed by atoms with E-state index in [0.29, 0.717) is 12.8 Å². The molecule has 0 spiro atoms. The maximum atomic E-state index is 10.3. The van der Waals surface area contributed by atoms with Crippen LogP contribution < -0.4 is 0 Å². The zero-order valence-corrected chi connectivity index (χ0v) is 27.7. The fourth-order valence-electron chi connectivity index (χ4n) is 4.01. The Morgan fingerprint density at radius 2 is 0.676 bits per heavy atom. The van der Waals surface area contributed by atoms with Crippen LogP contribution in [0.5, 0.6) is 0 Å². The fourth-order valence-corrected chi connectivity index (χ4v) is 4.01. The Morgan fingerprint density at radius 1 is 0.432 bits per heavy atom. The number of carboxylic acid groups (broad SMARTS) is 2. The van der Waals surface area contributed by atoms with Gasteiger partial charge in [-0.15, -0.1) is 0 Å². The van der Waals surface area contributed by atoms with Gasteiger partial charge in [-0.1, -0.05) is 128 Å². The number of hydrogen-bond acceptors (Lipinski definition) is 2. The van der Waals surface area contributed by atoms with Gasteiger partial charge in [-0.05, 0) is 51.4 Å². The zero-order chi connectivity index (χ0) is 27.0. The minimum absolute atomic E-state index is 0. The third-order valence-electron chi connectivity index (χ3n) is 6.30. The van der Waals surface area contributed by atoms with Crippen molar-refractivity contribution in [2.75, 3.05) is 0 Å². The van der Waals surface area contributed by atoms with Gasteiger partial charge < -0.3 is 10.2 Å². The first-order chi connectivity index (χ1) is 17.5. The second-order valence-corrected chi connectivity index (χ2v) is 10.0. The topological polar surface area (TPSA) is 74.6 Å². The van der Waals surface area contributed by atoms with Gasteiger partial charge in [0.2, 0.25) is 0 Å². The van der Waals surface area contributed by atoms with E-state index < -0.39 is 11.9 Å². The zero-order valence-electron chi connectivity index (χ0n) is 24.7. The summed E-state index contributed by atoms with van der Waals surface area (Å²) in [5.41, 5.74) is 0. The van der Waals surface area contributed by atoms with Crippen LogP contribution in [0.1, 0.15) is 168 Å². The molecule has 37 heavy (non-hydrogen) atoms. The maximum absolute atomic E-state index is 10.3. The van der Waals surface area contributed by atoms with Gasteiger partial charge in [-0.3, -0.25) is 9.59 Å². The molecule has 0 saturated carbocycles. The minimum atomic E-state index is -0.688. The van der Waals surface area contributed by atoms with Gasteiger partial charge in [0, 0.05) is 32.3 Å². The van der Waals surface area contributed by atoms with Gasteiger partial charge >= 0.3 is 11.9 Å². The maximum Gasteiger partial charge on any atom is 0.303 e. The molecule has 4 nitrogen and oxygen atoms in total. The molecule has 0 saturated heterocycles. The molecule has 0 unspecified atom stereocenters. The summed E-state index contributed by atoms with van der Waals surface area (Å²) in [6.45, 7) is 4.51. The molecule has 0 rings (SSSR count). The molecule has 0 heterocycles. The van der Waals surface area contributed by atoms with Crippen LogP contribution >= 0.6 is 0 Å². The molecule has 0 aliphatic rings. The van der Waals surface area contributed by atoms with Gasteiger partial charge in [0.25, 0.3) is 0 Å². The molecular formula is C32H60O4Zn. The number of aliphatic carboxylic acids is 2. The normalized spacial score (nSPS) is 10.9. The van der Waals surface area contributed by atoms with Gasteiger partial charge in [0.05, 0.1) is 0 Å². The van der Waals surface area contributed by atoms with Crippen molar-refractivity contribution in [2.45, 2.75) is 168 Å². The van der Waals surface area contributed by atoms with Crippen LogP contribution in [0.4, 0.5) is 0 Å². The van der Waals surface area contributed by atoms with Crippen molar-refractivity contribution in [2.24, 2.45) is 0 Å². The summed E-state index contributed by atoms with van der Waals surface area (Å²) in [4.78, 5) is 20.6. The van der Waals surface area contributed by atoms with E-state index in [9.17, 15) is 9.59 Å². The molecule has 0 aliphatic carbocycles. The van der Waals surface area contributed by atoms with E-state index in [-0.39, 0.29) is 19.5 Å². The Kier molecular flexibility index (Phi) is 40.8. The van der Waals surface area contributed by atoms with Gasteiger partial charge in [0.15, 0.2) is 0 Å². The minimum Gasteiger partial charge on any atom is -0.481 e. The van der Waals surface area contributed by atoms with Gasteiger partial charge in [0.1, 0.15) is 0 Å². The molecule has 2 N–H and O–H groups in total. The SMILES string of the molecule is CCCCCCCCCCC=CCCCC(=O)O.CCCCCCCCCCC=CCCCC(=O)O.[Zn]. The molecule has 0 amide bonds. The Bertz CT molecular complexity index is 471. The average Bonchev–Trinajstić information content (AvgIpc) is 2.85. The summed E-state index contributed by atoms with van der Waals surface area (Å²) in [5, 5.41) is 16.9. The van der Waals surface area contributed by atoms with E-state index >= 15 is 0 Å². The molecule has 0 bridgehead atoms. The first-order valence-electron chi connectivity index (χ1n) is 15.3. The van der Waals surface area contributed by atoms with Crippen LogP contribution in [0.25, 0.3) is 0 Å². The monoisotopic (exact) mass is 572 g/mol. The summed E-state index contributed by atoms with van der Waals surface area (Å²) in [7, 11) is 0. The number of allylic oxidation sites excluding steroid dienone is 4. The predicted octanol–water partition coefficient (Wildman–Crippen LogP) is 10.7. The Hall–Kier alpha value is -0.957. The van der Waals surface area contributed by atoms with E-state index in [2.05, 4.69) is 38.2 Å². The van der Waals surface area contributed by atoms with Gasteiger partial charge in [-0.25, -0.2) is 0 Å². The molecule has 0 aromatic rings. The Balaban J connectivity index is -0.000000608. The molecular weight excluding hydrogens is 514 g/mol. The Labute approximate surface area is 242 Å².